The summed E-state index contributed by atoms with van der Waals surface area (Å²) in [4.78, 5) is 12.1. The minimum atomic E-state index is -0.650. The normalized spacial score (nSPS) is 13.8. The number of nitrogens with zero attached hydrogens (tertiary/aromatic N) is 1. The molecule has 0 saturated carbocycles. The first-order valence-electron chi connectivity index (χ1n) is 6.53. The molecule has 5 heteroatoms. The van der Waals surface area contributed by atoms with Crippen molar-refractivity contribution in [1.29, 1.82) is 0 Å². The maximum absolute atomic E-state index is 12.1. The summed E-state index contributed by atoms with van der Waals surface area (Å²) in [6, 6.07) is 11.0. The minimum Gasteiger partial charge on any atom is -0.394 e. The summed E-state index contributed by atoms with van der Waals surface area (Å²) in [6.07, 6.45) is 0.624. The van der Waals surface area contributed by atoms with Gasteiger partial charge in [-0.15, -0.1) is 0 Å². The zero-order valence-corrected chi connectivity index (χ0v) is 11.6. The monoisotopic (exact) mass is 274 g/mol. The number of benzene rings is 1. The molecule has 1 aromatic heterocycles. The SMILES string of the molecule is CCC(C)(CO)NC(=O)c1cc(-c2ccccc2)on1. The molecule has 2 aromatic rings. The molecule has 2 N–H and O–H groups in total. The number of hydrogen-bond acceptors (Lipinski definition) is 4. The minimum absolute atomic E-state index is 0.126. The van der Waals surface area contributed by atoms with Crippen molar-refractivity contribution in [2.24, 2.45) is 0 Å². The van der Waals surface area contributed by atoms with E-state index in [9.17, 15) is 9.90 Å². The third kappa shape index (κ3) is 3.05. The summed E-state index contributed by atoms with van der Waals surface area (Å²) < 4.78 is 5.18. The number of carbonyl (C=O) groups excluding carboxylic acids is 1. The summed E-state index contributed by atoms with van der Waals surface area (Å²) in [6.45, 7) is 3.55. The van der Waals surface area contributed by atoms with Crippen LogP contribution in [0.15, 0.2) is 40.9 Å². The van der Waals surface area contributed by atoms with E-state index in [0.29, 0.717) is 12.2 Å². The van der Waals surface area contributed by atoms with E-state index < -0.39 is 5.54 Å². The molecule has 20 heavy (non-hydrogen) atoms. The van der Waals surface area contributed by atoms with Crippen molar-refractivity contribution < 1.29 is 14.4 Å². The van der Waals surface area contributed by atoms with Gasteiger partial charge >= 0.3 is 0 Å². The largest absolute Gasteiger partial charge is 0.394 e. The second-order valence-electron chi connectivity index (χ2n) is 4.97. The predicted octanol–water partition coefficient (Wildman–Crippen LogP) is 2.23. The molecule has 0 aliphatic heterocycles. The molecule has 0 radical (unpaired) electrons. The average Bonchev–Trinajstić information content (AvgIpc) is 2.98. The number of aromatic nitrogens is 1. The van der Waals surface area contributed by atoms with Gasteiger partial charge in [0.2, 0.25) is 0 Å². The first-order valence-corrected chi connectivity index (χ1v) is 6.53. The third-order valence-corrected chi connectivity index (χ3v) is 3.35. The van der Waals surface area contributed by atoms with Crippen LogP contribution in [0.5, 0.6) is 0 Å². The van der Waals surface area contributed by atoms with E-state index in [1.54, 1.807) is 13.0 Å². The van der Waals surface area contributed by atoms with Crippen molar-refractivity contribution in [3.05, 3.63) is 42.1 Å². The van der Waals surface area contributed by atoms with Gasteiger partial charge in [-0.3, -0.25) is 4.79 Å². The molecule has 106 valence electrons. The van der Waals surface area contributed by atoms with E-state index in [0.717, 1.165) is 5.56 Å². The molecule has 1 aromatic carbocycles. The Kier molecular flexibility index (Phi) is 4.20. The number of aliphatic hydroxyl groups is 1. The lowest BCUT2D eigenvalue weighted by Crippen LogP contribution is -2.48. The summed E-state index contributed by atoms with van der Waals surface area (Å²) >= 11 is 0. The van der Waals surface area contributed by atoms with Gasteiger partial charge in [0.05, 0.1) is 12.1 Å². The van der Waals surface area contributed by atoms with Gasteiger partial charge in [-0.05, 0) is 13.3 Å². The highest BCUT2D eigenvalue weighted by Crippen LogP contribution is 2.20. The van der Waals surface area contributed by atoms with Crippen LogP contribution in [0.2, 0.25) is 0 Å². The first kappa shape index (κ1) is 14.3. The Morgan fingerprint density at radius 1 is 1.40 bits per heavy atom. The summed E-state index contributed by atoms with van der Waals surface area (Å²) in [7, 11) is 0. The molecule has 1 unspecified atom stereocenters. The Bertz CT molecular complexity index is 574. The van der Waals surface area contributed by atoms with Crippen molar-refractivity contribution in [2.45, 2.75) is 25.8 Å². The Morgan fingerprint density at radius 3 is 2.70 bits per heavy atom. The van der Waals surface area contributed by atoms with E-state index in [2.05, 4.69) is 10.5 Å². The van der Waals surface area contributed by atoms with Crippen LogP contribution in [0.4, 0.5) is 0 Å². The van der Waals surface area contributed by atoms with Gasteiger partial charge in [0.15, 0.2) is 11.5 Å². The van der Waals surface area contributed by atoms with Crippen LogP contribution in [0.3, 0.4) is 0 Å². The van der Waals surface area contributed by atoms with Crippen molar-refractivity contribution >= 4 is 5.91 Å². The number of rotatable bonds is 5. The van der Waals surface area contributed by atoms with Gasteiger partial charge in [0.1, 0.15) is 0 Å². The molecule has 1 atom stereocenters. The molecule has 2 rings (SSSR count). The van der Waals surface area contributed by atoms with Crippen LogP contribution in [-0.4, -0.2) is 28.3 Å². The van der Waals surface area contributed by atoms with Crippen LogP contribution >= 0.6 is 0 Å². The molecule has 0 spiro atoms. The van der Waals surface area contributed by atoms with Crippen molar-refractivity contribution in [3.8, 4) is 11.3 Å². The van der Waals surface area contributed by atoms with Crippen LogP contribution in [-0.2, 0) is 0 Å². The van der Waals surface area contributed by atoms with E-state index in [1.807, 2.05) is 37.3 Å². The van der Waals surface area contributed by atoms with Crippen LogP contribution in [0.25, 0.3) is 11.3 Å². The molecular formula is C15H18N2O3. The topological polar surface area (TPSA) is 75.4 Å². The molecule has 0 aliphatic rings. The van der Waals surface area contributed by atoms with Crippen molar-refractivity contribution in [3.63, 3.8) is 0 Å². The number of nitrogens with one attached hydrogen (secondary N) is 1. The fraction of sp³-hybridized carbons (Fsp3) is 0.333. The molecule has 1 amide bonds. The highest BCUT2D eigenvalue weighted by molar-refractivity contribution is 5.93. The Morgan fingerprint density at radius 2 is 2.10 bits per heavy atom. The molecule has 0 saturated heterocycles. The van der Waals surface area contributed by atoms with Gasteiger partial charge in [0.25, 0.3) is 5.91 Å². The average molecular weight is 274 g/mol. The summed E-state index contributed by atoms with van der Waals surface area (Å²) in [5.41, 5.74) is 0.416. The van der Waals surface area contributed by atoms with Gasteiger partial charge in [-0.1, -0.05) is 42.4 Å². The fourth-order valence-corrected chi connectivity index (χ4v) is 1.70. The summed E-state index contributed by atoms with van der Waals surface area (Å²) in [5.74, 6) is 0.187. The van der Waals surface area contributed by atoms with E-state index in [4.69, 9.17) is 4.52 Å². The molecular weight excluding hydrogens is 256 g/mol. The number of amides is 1. The zero-order valence-electron chi connectivity index (χ0n) is 11.6. The Hall–Kier alpha value is -2.14. The van der Waals surface area contributed by atoms with Crippen LogP contribution in [0, 0.1) is 0 Å². The highest BCUT2D eigenvalue weighted by atomic mass is 16.5. The maximum atomic E-state index is 12.1. The van der Waals surface area contributed by atoms with E-state index >= 15 is 0 Å². The van der Waals surface area contributed by atoms with Gasteiger partial charge < -0.3 is 14.9 Å². The summed E-state index contributed by atoms with van der Waals surface area (Å²) in [5, 5.41) is 15.8. The molecule has 0 bridgehead atoms. The Labute approximate surface area is 117 Å². The smallest absolute Gasteiger partial charge is 0.273 e. The number of hydrogen-bond donors (Lipinski definition) is 2. The lowest BCUT2D eigenvalue weighted by Gasteiger charge is -2.26. The second kappa shape index (κ2) is 5.88. The lowest BCUT2D eigenvalue weighted by atomic mass is 10.00. The van der Waals surface area contributed by atoms with Crippen molar-refractivity contribution in [2.75, 3.05) is 6.61 Å². The van der Waals surface area contributed by atoms with E-state index in [-0.39, 0.29) is 18.2 Å². The molecule has 1 heterocycles. The lowest BCUT2D eigenvalue weighted by molar-refractivity contribution is 0.0838. The van der Waals surface area contributed by atoms with Gasteiger partial charge in [-0.2, -0.15) is 0 Å². The number of aliphatic hydroxyl groups excluding tert-OH is 1. The van der Waals surface area contributed by atoms with Gasteiger partial charge in [0, 0.05) is 11.6 Å². The second-order valence-corrected chi connectivity index (χ2v) is 4.97. The number of carbonyl (C=O) groups is 1. The van der Waals surface area contributed by atoms with Crippen LogP contribution in [0.1, 0.15) is 30.8 Å². The fourth-order valence-electron chi connectivity index (χ4n) is 1.70. The molecule has 0 aliphatic carbocycles. The third-order valence-electron chi connectivity index (χ3n) is 3.35. The highest BCUT2D eigenvalue weighted by Gasteiger charge is 2.25. The van der Waals surface area contributed by atoms with Crippen LogP contribution < -0.4 is 5.32 Å². The quantitative estimate of drug-likeness (QED) is 0.876. The predicted molar refractivity (Wildman–Crippen MR) is 75.2 cm³/mol. The van der Waals surface area contributed by atoms with Crippen molar-refractivity contribution in [1.82, 2.24) is 10.5 Å². The molecule has 0 fully saturated rings. The maximum Gasteiger partial charge on any atom is 0.273 e. The first-order chi connectivity index (χ1) is 9.58. The van der Waals surface area contributed by atoms with E-state index in [1.165, 1.54) is 0 Å². The molecule has 5 nitrogen and oxygen atoms in total. The van der Waals surface area contributed by atoms with Gasteiger partial charge in [-0.25, -0.2) is 0 Å². The standard InChI is InChI=1S/C15H18N2O3/c1-3-15(2,10-18)16-14(19)12-9-13(20-17-12)11-7-5-4-6-8-11/h4-9,18H,3,10H2,1-2H3,(H,16,19). The zero-order chi connectivity index (χ0) is 14.6. The Balaban J connectivity index is 2.15.